The Morgan fingerprint density at radius 2 is 1.77 bits per heavy atom. The Morgan fingerprint density at radius 1 is 0.953 bits per heavy atom. The van der Waals surface area contributed by atoms with Crippen LogP contribution in [-0.4, -0.2) is 58.5 Å². The summed E-state index contributed by atoms with van der Waals surface area (Å²) in [6.45, 7) is 1.09. The molecule has 11 heteroatoms. The number of amides is 3. The number of rotatable bonds is 5. The fraction of sp³-hybridized carbons (Fsp3) is 0.469. The summed E-state index contributed by atoms with van der Waals surface area (Å²) in [6.07, 6.45) is 8.63. The predicted molar refractivity (Wildman–Crippen MR) is 159 cm³/mol. The van der Waals surface area contributed by atoms with Crippen molar-refractivity contribution in [1.82, 2.24) is 30.9 Å². The van der Waals surface area contributed by atoms with Crippen molar-refractivity contribution in [1.29, 1.82) is 0 Å². The van der Waals surface area contributed by atoms with Crippen LogP contribution in [0.1, 0.15) is 66.6 Å². The Kier molecular flexibility index (Phi) is 10.2. The molecule has 1 aromatic heterocycles. The molecule has 3 N–H and O–H groups in total. The molecule has 3 aromatic rings. The van der Waals surface area contributed by atoms with Gasteiger partial charge in [-0.15, -0.1) is 5.10 Å². The molecule has 11 nitrogen and oxygen atoms in total. The highest BCUT2D eigenvalue weighted by Crippen LogP contribution is 2.30. The predicted octanol–water partition coefficient (Wildman–Crippen LogP) is 3.18. The molecular weight excluding hydrogens is 548 g/mol. The van der Waals surface area contributed by atoms with Crippen molar-refractivity contribution < 1.29 is 23.9 Å². The van der Waals surface area contributed by atoms with Crippen molar-refractivity contribution in [3.8, 4) is 11.5 Å². The average molecular weight is 589 g/mol. The molecule has 228 valence electrons. The first-order valence-electron chi connectivity index (χ1n) is 15.1. The summed E-state index contributed by atoms with van der Waals surface area (Å²) in [5, 5.41) is 17.2. The maximum atomic E-state index is 13.9. The minimum Gasteiger partial charge on any atom is -0.493 e. The quantitative estimate of drug-likeness (QED) is 0.417. The Balaban J connectivity index is 1.44. The lowest BCUT2D eigenvalue weighted by atomic mass is 9.84. The summed E-state index contributed by atoms with van der Waals surface area (Å²) in [5.41, 5.74) is 1.87. The van der Waals surface area contributed by atoms with Gasteiger partial charge in [-0.25, -0.2) is 0 Å². The number of aromatic nitrogens is 3. The third kappa shape index (κ3) is 8.33. The molecule has 0 saturated heterocycles. The van der Waals surface area contributed by atoms with Gasteiger partial charge in [0.1, 0.15) is 17.8 Å². The Labute approximate surface area is 251 Å². The molecular formula is C32H40N6O5. The SMILES string of the molecule is COc1ccc2cc1OCCCn1cc(nn1)CNC(=O)[C@H](Cc1ccccc1)NC(=O)[C@H](CC1CCCCC1)NC2=O. The van der Waals surface area contributed by atoms with Crippen LogP contribution < -0.4 is 25.4 Å². The van der Waals surface area contributed by atoms with Crippen LogP contribution in [0.3, 0.4) is 0 Å². The summed E-state index contributed by atoms with van der Waals surface area (Å²) in [4.78, 5) is 40.9. The van der Waals surface area contributed by atoms with Gasteiger partial charge in [-0.05, 0) is 36.1 Å². The molecule has 1 fully saturated rings. The molecule has 5 rings (SSSR count). The fourth-order valence-electron chi connectivity index (χ4n) is 5.73. The van der Waals surface area contributed by atoms with Gasteiger partial charge in [-0.3, -0.25) is 19.1 Å². The summed E-state index contributed by atoms with van der Waals surface area (Å²) in [7, 11) is 1.55. The second kappa shape index (κ2) is 14.7. The molecule has 3 amide bonds. The molecule has 0 unspecified atom stereocenters. The van der Waals surface area contributed by atoms with E-state index in [4.69, 9.17) is 9.47 Å². The number of hydrogen-bond acceptors (Lipinski definition) is 7. The third-order valence-corrected chi connectivity index (χ3v) is 8.08. The molecule has 2 heterocycles. The monoisotopic (exact) mass is 588 g/mol. The number of nitrogens with one attached hydrogen (secondary N) is 3. The summed E-state index contributed by atoms with van der Waals surface area (Å²) in [6, 6.07) is 12.9. The molecule has 2 aliphatic rings. The van der Waals surface area contributed by atoms with Crippen LogP contribution in [0.2, 0.25) is 0 Å². The standard InChI is InChI=1S/C32H40N6O5/c1-42-28-14-13-24-19-29(28)43-16-8-15-38-21-25(36-37-38)20-33-31(40)26(17-22-9-4-2-5-10-22)35-32(41)27(34-30(24)39)18-23-11-6-3-7-12-23/h2,4-5,9-10,13-14,19,21,23,26-27H,3,6-8,11-12,15-18,20H2,1H3,(H,33,40)(H,34,39)(H,35,41)/t26-,27-/m0/s1. The van der Waals surface area contributed by atoms with Crippen LogP contribution in [0.15, 0.2) is 54.7 Å². The first-order chi connectivity index (χ1) is 21.0. The Hall–Kier alpha value is -4.41. The lowest BCUT2D eigenvalue weighted by Gasteiger charge is -2.28. The minimum absolute atomic E-state index is 0.168. The van der Waals surface area contributed by atoms with Crippen molar-refractivity contribution in [3.63, 3.8) is 0 Å². The highest BCUT2D eigenvalue weighted by molar-refractivity contribution is 5.99. The Bertz CT molecular complexity index is 1390. The fourth-order valence-corrected chi connectivity index (χ4v) is 5.73. The number of fused-ring (bicyclic) bond motifs is 4. The lowest BCUT2D eigenvalue weighted by Crippen LogP contribution is -2.54. The van der Waals surface area contributed by atoms with Crippen molar-refractivity contribution in [3.05, 3.63) is 71.5 Å². The number of ether oxygens (including phenoxy) is 2. The van der Waals surface area contributed by atoms with Gasteiger partial charge in [0.15, 0.2) is 11.5 Å². The van der Waals surface area contributed by atoms with E-state index in [9.17, 15) is 14.4 Å². The van der Waals surface area contributed by atoms with E-state index in [2.05, 4.69) is 26.3 Å². The number of carbonyl (C=O) groups excluding carboxylic acids is 3. The van der Waals surface area contributed by atoms with E-state index in [0.717, 1.165) is 31.2 Å². The van der Waals surface area contributed by atoms with Gasteiger partial charge in [0.2, 0.25) is 11.8 Å². The van der Waals surface area contributed by atoms with Gasteiger partial charge >= 0.3 is 0 Å². The molecule has 1 aliphatic carbocycles. The van der Waals surface area contributed by atoms with E-state index in [-0.39, 0.29) is 24.3 Å². The zero-order valence-electron chi connectivity index (χ0n) is 24.6. The molecule has 0 radical (unpaired) electrons. The van der Waals surface area contributed by atoms with Crippen molar-refractivity contribution in [2.45, 2.75) is 76.5 Å². The van der Waals surface area contributed by atoms with Gasteiger partial charge in [-0.1, -0.05) is 67.6 Å². The van der Waals surface area contributed by atoms with Crippen molar-refractivity contribution >= 4 is 17.7 Å². The van der Waals surface area contributed by atoms with Gasteiger partial charge in [0.05, 0.1) is 26.5 Å². The molecule has 1 saturated carbocycles. The van der Waals surface area contributed by atoms with Crippen LogP contribution in [0.4, 0.5) is 0 Å². The highest BCUT2D eigenvalue weighted by atomic mass is 16.5. The van der Waals surface area contributed by atoms with E-state index in [1.165, 1.54) is 6.42 Å². The molecule has 2 aromatic carbocycles. The number of aryl methyl sites for hydroxylation is 1. The highest BCUT2D eigenvalue weighted by Gasteiger charge is 2.30. The van der Waals surface area contributed by atoms with Crippen molar-refractivity contribution in [2.75, 3.05) is 13.7 Å². The zero-order chi connectivity index (χ0) is 30.0. The number of methoxy groups -OCH3 is 1. The topological polar surface area (TPSA) is 136 Å². The van der Waals surface area contributed by atoms with E-state index in [0.29, 0.717) is 61.1 Å². The largest absolute Gasteiger partial charge is 0.493 e. The van der Waals surface area contributed by atoms with Gasteiger partial charge in [0.25, 0.3) is 5.91 Å². The van der Waals surface area contributed by atoms with Crippen LogP contribution in [0, 0.1) is 5.92 Å². The van der Waals surface area contributed by atoms with E-state index < -0.39 is 12.1 Å². The average Bonchev–Trinajstić information content (AvgIpc) is 3.49. The number of hydrogen-bond donors (Lipinski definition) is 3. The summed E-state index contributed by atoms with van der Waals surface area (Å²) < 4.78 is 13.1. The normalized spacial score (nSPS) is 20.8. The van der Waals surface area contributed by atoms with Gasteiger partial charge in [-0.2, -0.15) is 0 Å². The van der Waals surface area contributed by atoms with Crippen LogP contribution >= 0.6 is 0 Å². The van der Waals surface area contributed by atoms with Crippen LogP contribution in [0.5, 0.6) is 11.5 Å². The molecule has 1 aliphatic heterocycles. The second-order valence-corrected chi connectivity index (χ2v) is 11.3. The Morgan fingerprint density at radius 3 is 2.56 bits per heavy atom. The first-order valence-corrected chi connectivity index (χ1v) is 15.1. The number of benzene rings is 2. The van der Waals surface area contributed by atoms with Crippen LogP contribution in [0.25, 0.3) is 0 Å². The second-order valence-electron chi connectivity index (χ2n) is 11.3. The van der Waals surface area contributed by atoms with E-state index >= 15 is 0 Å². The third-order valence-electron chi connectivity index (χ3n) is 8.08. The van der Waals surface area contributed by atoms with Gasteiger partial charge in [0, 0.05) is 24.9 Å². The minimum atomic E-state index is -0.848. The number of carbonyl (C=O) groups is 3. The molecule has 2 atom stereocenters. The lowest BCUT2D eigenvalue weighted by molar-refractivity contribution is -0.130. The van der Waals surface area contributed by atoms with Crippen molar-refractivity contribution in [2.24, 2.45) is 5.92 Å². The van der Waals surface area contributed by atoms with E-state index in [1.807, 2.05) is 30.3 Å². The maximum absolute atomic E-state index is 13.9. The summed E-state index contributed by atoms with van der Waals surface area (Å²) in [5.74, 6) is 0.156. The first kappa shape index (κ1) is 30.1. The maximum Gasteiger partial charge on any atom is 0.252 e. The smallest absolute Gasteiger partial charge is 0.252 e. The number of nitrogens with zero attached hydrogens (tertiary/aromatic N) is 3. The molecule has 0 spiro atoms. The summed E-state index contributed by atoms with van der Waals surface area (Å²) >= 11 is 0. The zero-order valence-corrected chi connectivity index (χ0v) is 24.6. The van der Waals surface area contributed by atoms with Gasteiger partial charge < -0.3 is 25.4 Å². The van der Waals surface area contributed by atoms with E-state index in [1.54, 1.807) is 36.2 Å². The van der Waals surface area contributed by atoms with Crippen LogP contribution in [-0.2, 0) is 29.1 Å². The molecule has 4 bridgehead atoms. The molecule has 43 heavy (non-hydrogen) atoms.